The molecule has 16 heavy (non-hydrogen) atoms. The van der Waals surface area contributed by atoms with Gasteiger partial charge >= 0.3 is 5.69 Å². The summed E-state index contributed by atoms with van der Waals surface area (Å²) in [6.45, 7) is 8.51. The van der Waals surface area contributed by atoms with Gasteiger partial charge in [0.25, 0.3) is 5.56 Å². The van der Waals surface area contributed by atoms with Crippen LogP contribution in [0.3, 0.4) is 0 Å². The molecule has 0 unspecified atom stereocenters. The lowest BCUT2D eigenvalue weighted by Gasteiger charge is -2.17. The summed E-state index contributed by atoms with van der Waals surface area (Å²) in [6, 6.07) is 1.49. The largest absolute Gasteiger partial charge is 0.329 e. The number of nitrogens with one attached hydrogen (secondary N) is 1. The SMILES string of the molecule is CCCn1c(=O)cc(SC(C)(C)C)[nH]c1=O. The van der Waals surface area contributed by atoms with E-state index >= 15 is 0 Å². The van der Waals surface area contributed by atoms with Crippen molar-refractivity contribution in [3.63, 3.8) is 0 Å². The van der Waals surface area contributed by atoms with Crippen molar-refractivity contribution in [3.8, 4) is 0 Å². The van der Waals surface area contributed by atoms with E-state index in [2.05, 4.69) is 4.98 Å². The monoisotopic (exact) mass is 242 g/mol. The topological polar surface area (TPSA) is 54.9 Å². The van der Waals surface area contributed by atoms with Crippen LogP contribution < -0.4 is 11.2 Å². The molecule has 0 aromatic carbocycles. The number of nitrogens with zero attached hydrogens (tertiary/aromatic N) is 1. The highest BCUT2D eigenvalue weighted by Gasteiger charge is 2.14. The third-order valence-electron chi connectivity index (χ3n) is 1.86. The molecular formula is C11H18N2O2S. The van der Waals surface area contributed by atoms with E-state index in [-0.39, 0.29) is 16.0 Å². The minimum Gasteiger partial charge on any atom is -0.302 e. The van der Waals surface area contributed by atoms with Gasteiger partial charge in [0.15, 0.2) is 0 Å². The third kappa shape index (κ3) is 3.56. The summed E-state index contributed by atoms with van der Waals surface area (Å²) in [5.41, 5.74) is -0.543. The highest BCUT2D eigenvalue weighted by Crippen LogP contribution is 2.28. The van der Waals surface area contributed by atoms with Crippen molar-refractivity contribution >= 4 is 11.8 Å². The average molecular weight is 242 g/mol. The molecule has 0 saturated heterocycles. The van der Waals surface area contributed by atoms with Gasteiger partial charge in [0, 0.05) is 17.4 Å². The van der Waals surface area contributed by atoms with Crippen LogP contribution in [0, 0.1) is 0 Å². The lowest BCUT2D eigenvalue weighted by molar-refractivity contribution is 0.604. The van der Waals surface area contributed by atoms with E-state index in [1.54, 1.807) is 0 Å². The molecule has 0 aliphatic rings. The van der Waals surface area contributed by atoms with Gasteiger partial charge in [-0.1, -0.05) is 27.7 Å². The van der Waals surface area contributed by atoms with Crippen LogP contribution in [0.2, 0.25) is 0 Å². The van der Waals surface area contributed by atoms with Crippen LogP contribution in [0.25, 0.3) is 0 Å². The fraction of sp³-hybridized carbons (Fsp3) is 0.636. The molecule has 1 heterocycles. The van der Waals surface area contributed by atoms with Gasteiger partial charge < -0.3 is 4.98 Å². The summed E-state index contributed by atoms with van der Waals surface area (Å²) in [4.78, 5) is 26.0. The fourth-order valence-corrected chi connectivity index (χ4v) is 2.28. The highest BCUT2D eigenvalue weighted by molar-refractivity contribution is 8.00. The summed E-state index contributed by atoms with van der Waals surface area (Å²) in [6.07, 6.45) is 0.773. The molecule has 0 bridgehead atoms. The van der Waals surface area contributed by atoms with Crippen molar-refractivity contribution in [2.45, 2.75) is 50.4 Å². The van der Waals surface area contributed by atoms with Crippen molar-refractivity contribution in [1.82, 2.24) is 9.55 Å². The highest BCUT2D eigenvalue weighted by atomic mass is 32.2. The van der Waals surface area contributed by atoms with Crippen molar-refractivity contribution in [2.75, 3.05) is 0 Å². The first-order valence-electron chi connectivity index (χ1n) is 5.36. The van der Waals surface area contributed by atoms with E-state index in [1.165, 1.54) is 22.4 Å². The minimum atomic E-state index is -0.318. The number of aromatic amines is 1. The summed E-state index contributed by atoms with van der Waals surface area (Å²) < 4.78 is 1.21. The molecule has 0 aliphatic carbocycles. The first kappa shape index (κ1) is 13.1. The molecule has 0 fully saturated rings. The molecule has 0 spiro atoms. The molecule has 0 aliphatic heterocycles. The smallest absolute Gasteiger partial charge is 0.302 e. The second-order valence-electron chi connectivity index (χ2n) is 4.64. The van der Waals surface area contributed by atoms with E-state index < -0.39 is 0 Å². The third-order valence-corrected chi connectivity index (χ3v) is 2.91. The van der Waals surface area contributed by atoms with Gasteiger partial charge in [-0.05, 0) is 6.42 Å². The molecule has 1 aromatic heterocycles. The van der Waals surface area contributed by atoms with Crippen molar-refractivity contribution in [2.24, 2.45) is 0 Å². The standard InChI is InChI=1S/C11H18N2O2S/c1-5-6-13-9(14)7-8(12-10(13)15)16-11(2,3)4/h7H,5-6H2,1-4H3,(H,12,15). The predicted molar refractivity (Wildman–Crippen MR) is 67.2 cm³/mol. The molecule has 0 amide bonds. The minimum absolute atomic E-state index is 0.0215. The van der Waals surface area contributed by atoms with Crippen LogP contribution in [0.4, 0.5) is 0 Å². The van der Waals surface area contributed by atoms with Crippen molar-refractivity contribution in [3.05, 3.63) is 26.9 Å². The molecular weight excluding hydrogens is 224 g/mol. The Hall–Kier alpha value is -0.970. The number of aromatic nitrogens is 2. The number of hydrogen-bond acceptors (Lipinski definition) is 3. The van der Waals surface area contributed by atoms with Gasteiger partial charge in [0.1, 0.15) is 0 Å². The predicted octanol–water partition coefficient (Wildman–Crippen LogP) is 1.84. The Morgan fingerprint density at radius 3 is 2.44 bits per heavy atom. The molecule has 1 aromatic rings. The molecule has 1 rings (SSSR count). The Morgan fingerprint density at radius 1 is 1.38 bits per heavy atom. The quantitative estimate of drug-likeness (QED) is 0.650. The number of hydrogen-bond donors (Lipinski definition) is 1. The Balaban J connectivity index is 3.11. The Bertz CT molecular complexity index is 437. The van der Waals surface area contributed by atoms with E-state index in [9.17, 15) is 9.59 Å². The summed E-state index contributed by atoms with van der Waals surface area (Å²) in [5.74, 6) is 0. The molecule has 5 heteroatoms. The average Bonchev–Trinajstić information content (AvgIpc) is 2.08. The molecule has 0 saturated carbocycles. The van der Waals surface area contributed by atoms with Gasteiger partial charge in [0.05, 0.1) is 5.03 Å². The maximum Gasteiger partial charge on any atom is 0.329 e. The van der Waals surface area contributed by atoms with Crippen LogP contribution >= 0.6 is 11.8 Å². The number of H-pyrrole nitrogens is 1. The van der Waals surface area contributed by atoms with Gasteiger partial charge in [-0.3, -0.25) is 9.36 Å². The van der Waals surface area contributed by atoms with E-state index in [1.807, 2.05) is 27.7 Å². The lowest BCUT2D eigenvalue weighted by atomic mass is 10.3. The van der Waals surface area contributed by atoms with Crippen LogP contribution in [0.1, 0.15) is 34.1 Å². The zero-order valence-corrected chi connectivity index (χ0v) is 11.0. The number of thioether (sulfide) groups is 1. The molecule has 0 radical (unpaired) electrons. The normalized spacial score (nSPS) is 11.8. The van der Waals surface area contributed by atoms with Crippen molar-refractivity contribution in [1.29, 1.82) is 0 Å². The first-order valence-corrected chi connectivity index (χ1v) is 6.18. The molecule has 1 N–H and O–H groups in total. The van der Waals surface area contributed by atoms with E-state index in [0.29, 0.717) is 11.6 Å². The fourth-order valence-electron chi connectivity index (χ4n) is 1.32. The maximum atomic E-state index is 11.7. The maximum absolute atomic E-state index is 11.7. The van der Waals surface area contributed by atoms with Crippen LogP contribution in [0.15, 0.2) is 20.7 Å². The molecule has 0 atom stereocenters. The second-order valence-corrected chi connectivity index (χ2v) is 6.51. The summed E-state index contributed by atoms with van der Waals surface area (Å²) >= 11 is 1.49. The zero-order valence-electron chi connectivity index (χ0n) is 10.2. The van der Waals surface area contributed by atoms with Gasteiger partial charge in [-0.15, -0.1) is 11.8 Å². The second kappa shape index (κ2) is 4.91. The van der Waals surface area contributed by atoms with Gasteiger partial charge in [-0.2, -0.15) is 0 Å². The van der Waals surface area contributed by atoms with Gasteiger partial charge in [-0.25, -0.2) is 4.79 Å². The van der Waals surface area contributed by atoms with Crippen LogP contribution in [0.5, 0.6) is 0 Å². The van der Waals surface area contributed by atoms with Crippen LogP contribution in [-0.4, -0.2) is 14.3 Å². The van der Waals surface area contributed by atoms with E-state index in [4.69, 9.17) is 0 Å². The first-order chi connectivity index (χ1) is 7.33. The van der Waals surface area contributed by atoms with Gasteiger partial charge in [0.2, 0.25) is 0 Å². The number of rotatable bonds is 3. The zero-order chi connectivity index (χ0) is 12.3. The Labute approximate surface area is 99.1 Å². The Kier molecular flexibility index (Phi) is 4.02. The Morgan fingerprint density at radius 2 is 2.00 bits per heavy atom. The summed E-state index contributed by atoms with van der Waals surface area (Å²) in [5, 5.41) is 0.634. The van der Waals surface area contributed by atoms with Crippen molar-refractivity contribution < 1.29 is 0 Å². The molecule has 4 nitrogen and oxygen atoms in total. The molecule has 90 valence electrons. The van der Waals surface area contributed by atoms with E-state index in [0.717, 1.165) is 6.42 Å². The lowest BCUT2D eigenvalue weighted by Crippen LogP contribution is -2.35. The summed E-state index contributed by atoms with van der Waals surface area (Å²) in [7, 11) is 0. The van der Waals surface area contributed by atoms with Crippen LogP contribution in [-0.2, 0) is 6.54 Å².